The average Bonchev–Trinajstić information content (AvgIpc) is 3.31. The molecule has 0 unspecified atom stereocenters. The van der Waals surface area contributed by atoms with Gasteiger partial charge in [-0.05, 0) is 43.4 Å². The van der Waals surface area contributed by atoms with E-state index in [9.17, 15) is 4.79 Å². The van der Waals surface area contributed by atoms with Gasteiger partial charge in [0.05, 0.1) is 19.5 Å². The van der Waals surface area contributed by atoms with Crippen LogP contribution in [-0.4, -0.2) is 29.6 Å². The second-order valence-electron chi connectivity index (χ2n) is 5.50. The largest absolute Gasteiger partial charge is 0.464 e. The maximum absolute atomic E-state index is 11.2. The first kappa shape index (κ1) is 12.4. The Morgan fingerprint density at radius 2 is 2.00 bits per heavy atom. The summed E-state index contributed by atoms with van der Waals surface area (Å²) in [7, 11) is 1.34. The van der Waals surface area contributed by atoms with Crippen LogP contribution in [0.2, 0.25) is 0 Å². The highest BCUT2D eigenvalue weighted by atomic mass is 16.5. The number of nitrogens with one attached hydrogen (secondary N) is 1. The minimum Gasteiger partial charge on any atom is -0.464 e. The normalized spacial score (nSPS) is 18.4. The number of esters is 1. The zero-order valence-corrected chi connectivity index (χ0v) is 11.1. The topological polar surface area (TPSA) is 64.1 Å². The molecule has 5 nitrogen and oxygen atoms in total. The highest BCUT2D eigenvalue weighted by Crippen LogP contribution is 2.49. The molecule has 2 saturated carbocycles. The third-order valence-electron chi connectivity index (χ3n) is 4.02. The molecule has 0 aromatic carbocycles. The third kappa shape index (κ3) is 3.03. The van der Waals surface area contributed by atoms with Crippen LogP contribution in [0.15, 0.2) is 12.4 Å². The Hall–Kier alpha value is -1.65. The van der Waals surface area contributed by atoms with Crippen LogP contribution >= 0.6 is 0 Å². The van der Waals surface area contributed by atoms with Crippen molar-refractivity contribution in [3.8, 4) is 0 Å². The van der Waals surface area contributed by atoms with Crippen LogP contribution in [0.5, 0.6) is 0 Å². The van der Waals surface area contributed by atoms with Gasteiger partial charge in [-0.1, -0.05) is 0 Å². The molecule has 2 aliphatic rings. The van der Waals surface area contributed by atoms with E-state index >= 15 is 0 Å². The van der Waals surface area contributed by atoms with Gasteiger partial charge in [-0.15, -0.1) is 0 Å². The number of rotatable bonds is 6. The van der Waals surface area contributed by atoms with Gasteiger partial charge in [0.25, 0.3) is 0 Å². The summed E-state index contributed by atoms with van der Waals surface area (Å²) in [5, 5.41) is 3.35. The minimum absolute atomic E-state index is 0.244. The summed E-state index contributed by atoms with van der Waals surface area (Å²) in [6, 6.07) is 0. The zero-order valence-electron chi connectivity index (χ0n) is 11.1. The Labute approximate surface area is 112 Å². The molecule has 0 bridgehead atoms. The van der Waals surface area contributed by atoms with Gasteiger partial charge in [-0.2, -0.15) is 0 Å². The van der Waals surface area contributed by atoms with E-state index in [-0.39, 0.29) is 5.69 Å². The molecule has 0 amide bonds. The molecule has 3 rings (SSSR count). The smallest absolute Gasteiger partial charge is 0.358 e. The number of nitrogens with zero attached hydrogens (tertiary/aromatic N) is 2. The molecule has 0 aliphatic heterocycles. The lowest BCUT2D eigenvalue weighted by molar-refractivity contribution is 0.0593. The molecule has 0 saturated heterocycles. The number of carbonyl (C=O) groups excluding carboxylic acids is 1. The number of methoxy groups -OCH3 is 1. The lowest BCUT2D eigenvalue weighted by atomic mass is 9.98. The number of anilines is 1. The second-order valence-corrected chi connectivity index (χ2v) is 5.50. The van der Waals surface area contributed by atoms with E-state index in [1.807, 2.05) is 0 Å². The van der Waals surface area contributed by atoms with E-state index in [4.69, 9.17) is 0 Å². The number of carbonyl (C=O) groups is 1. The molecule has 1 aromatic heterocycles. The summed E-state index contributed by atoms with van der Waals surface area (Å²) in [6.45, 7) is 0.974. The Morgan fingerprint density at radius 3 is 2.47 bits per heavy atom. The summed E-state index contributed by atoms with van der Waals surface area (Å²) in [6.07, 6.45) is 8.59. The first-order valence-corrected chi connectivity index (χ1v) is 6.92. The van der Waals surface area contributed by atoms with Crippen LogP contribution in [0.4, 0.5) is 5.82 Å². The van der Waals surface area contributed by atoms with Crippen LogP contribution in [-0.2, 0) is 4.74 Å². The van der Waals surface area contributed by atoms with E-state index in [0.29, 0.717) is 0 Å². The van der Waals surface area contributed by atoms with Gasteiger partial charge in [0.2, 0.25) is 0 Å². The summed E-state index contributed by atoms with van der Waals surface area (Å²) in [5.41, 5.74) is 0.244. The van der Waals surface area contributed by atoms with Gasteiger partial charge in [0.1, 0.15) is 5.82 Å². The van der Waals surface area contributed by atoms with Gasteiger partial charge in [0, 0.05) is 6.54 Å². The quantitative estimate of drug-likeness (QED) is 0.795. The van der Waals surface area contributed by atoms with Gasteiger partial charge in [0.15, 0.2) is 5.69 Å². The van der Waals surface area contributed by atoms with Crippen molar-refractivity contribution in [2.24, 2.45) is 17.8 Å². The minimum atomic E-state index is -0.451. The number of hydrogen-bond acceptors (Lipinski definition) is 5. The number of aromatic nitrogens is 2. The fraction of sp³-hybridized carbons (Fsp3) is 0.643. The van der Waals surface area contributed by atoms with E-state index < -0.39 is 5.97 Å². The molecule has 2 fully saturated rings. The second kappa shape index (κ2) is 5.15. The maximum Gasteiger partial charge on any atom is 0.358 e. The van der Waals surface area contributed by atoms with Crippen molar-refractivity contribution in [1.82, 2.24) is 9.97 Å². The van der Waals surface area contributed by atoms with E-state index in [2.05, 4.69) is 20.0 Å². The van der Waals surface area contributed by atoms with E-state index in [1.54, 1.807) is 6.20 Å². The first-order chi connectivity index (χ1) is 9.28. The van der Waals surface area contributed by atoms with Gasteiger partial charge in [-0.25, -0.2) is 14.8 Å². The molecule has 1 aromatic rings. The number of ether oxygens (including phenoxy) is 1. The van der Waals surface area contributed by atoms with Gasteiger partial charge in [-0.3, -0.25) is 0 Å². The maximum atomic E-state index is 11.2. The molecule has 0 radical (unpaired) electrons. The van der Waals surface area contributed by atoms with Crippen molar-refractivity contribution in [2.75, 3.05) is 19.0 Å². The van der Waals surface area contributed by atoms with Crippen molar-refractivity contribution in [3.05, 3.63) is 18.1 Å². The van der Waals surface area contributed by atoms with Crippen LogP contribution in [0, 0.1) is 17.8 Å². The molecule has 2 aliphatic carbocycles. The van der Waals surface area contributed by atoms with Crippen LogP contribution in [0.25, 0.3) is 0 Å². The fourth-order valence-corrected chi connectivity index (χ4v) is 2.62. The van der Waals surface area contributed by atoms with Crippen molar-refractivity contribution in [1.29, 1.82) is 0 Å². The zero-order chi connectivity index (χ0) is 13.2. The summed E-state index contributed by atoms with van der Waals surface area (Å²) in [4.78, 5) is 19.5. The van der Waals surface area contributed by atoms with E-state index in [1.165, 1.54) is 39.0 Å². The third-order valence-corrected chi connectivity index (χ3v) is 4.02. The van der Waals surface area contributed by atoms with Crippen LogP contribution < -0.4 is 5.32 Å². The van der Waals surface area contributed by atoms with Crippen LogP contribution in [0.3, 0.4) is 0 Å². The van der Waals surface area contributed by atoms with Gasteiger partial charge < -0.3 is 10.1 Å². The monoisotopic (exact) mass is 261 g/mol. The molecule has 102 valence electrons. The van der Waals surface area contributed by atoms with Gasteiger partial charge >= 0.3 is 5.97 Å². The highest BCUT2D eigenvalue weighted by molar-refractivity contribution is 5.86. The molecular formula is C14H19N3O2. The van der Waals surface area contributed by atoms with Crippen molar-refractivity contribution < 1.29 is 9.53 Å². The Morgan fingerprint density at radius 1 is 1.32 bits per heavy atom. The molecule has 0 spiro atoms. The molecular weight excluding hydrogens is 242 g/mol. The molecule has 0 atom stereocenters. The predicted molar refractivity (Wildman–Crippen MR) is 70.8 cm³/mol. The molecule has 1 N–H and O–H groups in total. The average molecular weight is 261 g/mol. The predicted octanol–water partition coefficient (Wildman–Crippen LogP) is 2.11. The lowest BCUT2D eigenvalue weighted by Crippen LogP contribution is -2.19. The molecule has 1 heterocycles. The Bertz CT molecular complexity index is 440. The first-order valence-electron chi connectivity index (χ1n) is 6.92. The molecule has 5 heteroatoms. The fourth-order valence-electron chi connectivity index (χ4n) is 2.62. The van der Waals surface area contributed by atoms with Crippen molar-refractivity contribution >= 4 is 11.8 Å². The summed E-state index contributed by atoms with van der Waals surface area (Å²) >= 11 is 0. The summed E-state index contributed by atoms with van der Waals surface area (Å²) in [5.74, 6) is 2.92. The number of hydrogen-bond donors (Lipinski definition) is 1. The SMILES string of the molecule is COC(=O)c1cnc(NCC(C2CC2)C2CC2)cn1. The van der Waals surface area contributed by atoms with Crippen molar-refractivity contribution in [3.63, 3.8) is 0 Å². The molecule has 19 heavy (non-hydrogen) atoms. The standard InChI is InChI=1S/C14H19N3O2/c1-19-14(18)12-7-17-13(8-15-12)16-6-11(9-2-3-9)10-4-5-10/h7-11H,2-6H2,1H3,(H,16,17). The van der Waals surface area contributed by atoms with Crippen molar-refractivity contribution in [2.45, 2.75) is 25.7 Å². The van der Waals surface area contributed by atoms with E-state index in [0.717, 1.165) is 30.1 Å². The Kier molecular flexibility index (Phi) is 3.36. The highest BCUT2D eigenvalue weighted by Gasteiger charge is 2.41. The summed E-state index contributed by atoms with van der Waals surface area (Å²) < 4.78 is 4.59. The van der Waals surface area contributed by atoms with Crippen LogP contribution in [0.1, 0.15) is 36.2 Å². The lowest BCUT2D eigenvalue weighted by Gasteiger charge is -2.16. The Balaban J connectivity index is 1.55.